The van der Waals surface area contributed by atoms with Crippen LogP contribution in [0, 0.1) is 0 Å². The molecule has 0 radical (unpaired) electrons. The van der Waals surface area contributed by atoms with E-state index >= 15 is 0 Å². The minimum atomic E-state index is -0.295. The third-order valence-electron chi connectivity index (χ3n) is 4.08. The molecule has 1 heterocycles. The number of thiophene rings is 1. The van der Waals surface area contributed by atoms with Crippen LogP contribution >= 0.6 is 11.3 Å². The van der Waals surface area contributed by atoms with Crippen LogP contribution in [0.15, 0.2) is 78.2 Å². The molecule has 128 valence electrons. The minimum Gasteiger partial charge on any atom is -0.351 e. The maximum atomic E-state index is 12.5. The van der Waals surface area contributed by atoms with E-state index in [9.17, 15) is 4.79 Å². The van der Waals surface area contributed by atoms with Gasteiger partial charge in [0.1, 0.15) is 0 Å². The predicted octanol–water partition coefficient (Wildman–Crippen LogP) is 4.13. The monoisotopic (exact) mass is 350 g/mol. The van der Waals surface area contributed by atoms with Crippen molar-refractivity contribution in [1.29, 1.82) is 0 Å². The van der Waals surface area contributed by atoms with Crippen molar-refractivity contribution >= 4 is 17.2 Å². The van der Waals surface area contributed by atoms with E-state index in [1.807, 2.05) is 61.5 Å². The molecule has 0 bridgehead atoms. The molecule has 0 spiro atoms. The fourth-order valence-corrected chi connectivity index (χ4v) is 3.52. The highest BCUT2D eigenvalue weighted by Crippen LogP contribution is 2.26. The maximum absolute atomic E-state index is 12.5. The number of amides is 1. The van der Waals surface area contributed by atoms with Crippen molar-refractivity contribution in [3.05, 3.63) is 94.2 Å². The molecule has 0 saturated heterocycles. The second kappa shape index (κ2) is 8.60. The summed E-state index contributed by atoms with van der Waals surface area (Å²) in [6, 6.07) is 24.0. The summed E-state index contributed by atoms with van der Waals surface area (Å²) in [4.78, 5) is 13.7. The summed E-state index contributed by atoms with van der Waals surface area (Å²) in [5.74, 6) is 0.00124. The van der Waals surface area contributed by atoms with Gasteiger partial charge in [-0.05, 0) is 29.5 Å². The van der Waals surface area contributed by atoms with Crippen molar-refractivity contribution in [2.75, 3.05) is 0 Å². The number of benzene rings is 2. The van der Waals surface area contributed by atoms with E-state index in [1.54, 1.807) is 11.3 Å². The van der Waals surface area contributed by atoms with Crippen LogP contribution in [0.1, 0.15) is 29.0 Å². The van der Waals surface area contributed by atoms with Crippen molar-refractivity contribution in [2.24, 2.45) is 0 Å². The molecule has 0 aliphatic heterocycles. The van der Waals surface area contributed by atoms with Gasteiger partial charge < -0.3 is 5.32 Å². The van der Waals surface area contributed by atoms with Crippen LogP contribution in [0.2, 0.25) is 0 Å². The van der Waals surface area contributed by atoms with Gasteiger partial charge in [-0.2, -0.15) is 0 Å². The van der Waals surface area contributed by atoms with E-state index in [1.165, 1.54) is 4.88 Å². The van der Waals surface area contributed by atoms with E-state index in [0.29, 0.717) is 6.54 Å². The molecular formula is C21H22N2OS. The van der Waals surface area contributed by atoms with Crippen LogP contribution in [0.5, 0.6) is 0 Å². The number of nitrogens with one attached hydrogen (secondary N) is 2. The number of carbonyl (C=O) groups is 1. The molecule has 2 aromatic carbocycles. The average molecular weight is 350 g/mol. The van der Waals surface area contributed by atoms with Gasteiger partial charge in [0.15, 0.2) is 0 Å². The summed E-state index contributed by atoms with van der Waals surface area (Å²) >= 11 is 1.70. The summed E-state index contributed by atoms with van der Waals surface area (Å²) in [5.41, 5.74) is 2.26. The van der Waals surface area contributed by atoms with Gasteiger partial charge in [0.05, 0.1) is 12.1 Å². The van der Waals surface area contributed by atoms with Crippen LogP contribution in [0.4, 0.5) is 0 Å². The van der Waals surface area contributed by atoms with Gasteiger partial charge in [-0.15, -0.1) is 11.3 Å². The first-order valence-electron chi connectivity index (χ1n) is 8.40. The second-order valence-corrected chi connectivity index (χ2v) is 6.93. The molecule has 3 aromatic rings. The second-order valence-electron chi connectivity index (χ2n) is 5.95. The van der Waals surface area contributed by atoms with E-state index in [4.69, 9.17) is 0 Å². The van der Waals surface area contributed by atoms with Crippen LogP contribution in [0.25, 0.3) is 0 Å². The SMILES string of the molecule is C[C@@H](N[C@@H](c1ccccc1)c1cccs1)C(=O)NCc1ccccc1. The molecule has 4 heteroatoms. The Balaban J connectivity index is 1.66. The molecule has 3 rings (SSSR count). The van der Waals surface area contributed by atoms with Gasteiger partial charge in [-0.1, -0.05) is 66.7 Å². The molecule has 25 heavy (non-hydrogen) atoms. The summed E-state index contributed by atoms with van der Waals surface area (Å²) < 4.78 is 0. The lowest BCUT2D eigenvalue weighted by Crippen LogP contribution is -2.43. The minimum absolute atomic E-state index is 0.00124. The standard InChI is InChI=1S/C21H22N2OS/c1-16(21(24)22-15-17-9-4-2-5-10-17)23-20(19-13-8-14-25-19)18-11-6-3-7-12-18/h2-14,16,20,23H,15H2,1H3,(H,22,24)/t16-,20+/m1/s1. The largest absolute Gasteiger partial charge is 0.351 e. The Bertz CT molecular complexity index is 772. The fraction of sp³-hybridized carbons (Fsp3) is 0.190. The Labute approximate surface area is 152 Å². The van der Waals surface area contributed by atoms with Crippen LogP contribution in [-0.4, -0.2) is 11.9 Å². The van der Waals surface area contributed by atoms with Crippen molar-refractivity contribution in [1.82, 2.24) is 10.6 Å². The zero-order valence-electron chi connectivity index (χ0n) is 14.2. The van der Waals surface area contributed by atoms with Gasteiger partial charge in [0, 0.05) is 11.4 Å². The molecule has 0 saturated carbocycles. The van der Waals surface area contributed by atoms with Crippen molar-refractivity contribution in [3.8, 4) is 0 Å². The third-order valence-corrected chi connectivity index (χ3v) is 5.02. The lowest BCUT2D eigenvalue weighted by atomic mass is 10.0. The highest BCUT2D eigenvalue weighted by atomic mass is 32.1. The van der Waals surface area contributed by atoms with E-state index in [2.05, 4.69) is 34.2 Å². The molecular weight excluding hydrogens is 328 g/mol. The number of hydrogen-bond acceptors (Lipinski definition) is 3. The van der Waals surface area contributed by atoms with Crippen LogP contribution in [-0.2, 0) is 11.3 Å². The predicted molar refractivity (Wildman–Crippen MR) is 103 cm³/mol. The first kappa shape index (κ1) is 17.4. The van der Waals surface area contributed by atoms with Crippen molar-refractivity contribution in [3.63, 3.8) is 0 Å². The topological polar surface area (TPSA) is 41.1 Å². The van der Waals surface area contributed by atoms with Crippen LogP contribution in [0.3, 0.4) is 0 Å². The number of carbonyl (C=O) groups excluding carboxylic acids is 1. The third kappa shape index (κ3) is 4.78. The quantitative estimate of drug-likeness (QED) is 0.673. The first-order valence-corrected chi connectivity index (χ1v) is 9.28. The maximum Gasteiger partial charge on any atom is 0.237 e. The van der Waals surface area contributed by atoms with E-state index in [-0.39, 0.29) is 18.0 Å². The fourth-order valence-electron chi connectivity index (χ4n) is 2.71. The zero-order chi connectivity index (χ0) is 17.5. The van der Waals surface area contributed by atoms with E-state index in [0.717, 1.165) is 11.1 Å². The highest BCUT2D eigenvalue weighted by Gasteiger charge is 2.21. The molecule has 0 aliphatic rings. The van der Waals surface area contributed by atoms with Gasteiger partial charge in [0.2, 0.25) is 5.91 Å². The van der Waals surface area contributed by atoms with Gasteiger partial charge in [-0.25, -0.2) is 0 Å². The Hall–Kier alpha value is -2.43. The molecule has 0 unspecified atom stereocenters. The molecule has 1 aromatic heterocycles. The normalized spacial score (nSPS) is 13.2. The van der Waals surface area contributed by atoms with Gasteiger partial charge in [0.25, 0.3) is 0 Å². The van der Waals surface area contributed by atoms with Gasteiger partial charge >= 0.3 is 0 Å². The Morgan fingerprint density at radius 1 is 0.960 bits per heavy atom. The smallest absolute Gasteiger partial charge is 0.237 e. The molecule has 0 fully saturated rings. The summed E-state index contributed by atoms with van der Waals surface area (Å²) in [6.45, 7) is 2.45. The molecule has 0 aliphatic carbocycles. The average Bonchev–Trinajstić information content (AvgIpc) is 3.20. The lowest BCUT2D eigenvalue weighted by Gasteiger charge is -2.22. The number of hydrogen-bond donors (Lipinski definition) is 2. The Kier molecular flexibility index (Phi) is 5.99. The first-order chi connectivity index (χ1) is 12.2. The molecule has 2 atom stereocenters. The summed E-state index contributed by atoms with van der Waals surface area (Å²) in [7, 11) is 0. The Morgan fingerprint density at radius 3 is 2.28 bits per heavy atom. The molecule has 3 nitrogen and oxygen atoms in total. The van der Waals surface area contributed by atoms with Crippen molar-refractivity contribution < 1.29 is 4.79 Å². The van der Waals surface area contributed by atoms with Crippen molar-refractivity contribution in [2.45, 2.75) is 25.6 Å². The zero-order valence-corrected chi connectivity index (χ0v) is 15.0. The number of rotatable bonds is 7. The molecule has 2 N–H and O–H groups in total. The molecule has 1 amide bonds. The Morgan fingerprint density at radius 2 is 1.64 bits per heavy atom. The lowest BCUT2D eigenvalue weighted by molar-refractivity contribution is -0.123. The van der Waals surface area contributed by atoms with Crippen LogP contribution < -0.4 is 10.6 Å². The summed E-state index contributed by atoms with van der Waals surface area (Å²) in [5, 5.41) is 8.54. The summed E-state index contributed by atoms with van der Waals surface area (Å²) in [6.07, 6.45) is 0. The van der Waals surface area contributed by atoms with Gasteiger partial charge in [-0.3, -0.25) is 10.1 Å². The van der Waals surface area contributed by atoms with E-state index < -0.39 is 0 Å². The highest BCUT2D eigenvalue weighted by molar-refractivity contribution is 7.10.